The zero-order chi connectivity index (χ0) is 14.3. The highest BCUT2D eigenvalue weighted by molar-refractivity contribution is 5.35. The molecule has 2 N–H and O–H groups in total. The van der Waals surface area contributed by atoms with Gasteiger partial charge in [-0.05, 0) is 30.7 Å². The van der Waals surface area contributed by atoms with Gasteiger partial charge in [0.05, 0.1) is 11.4 Å². The molecule has 2 rings (SSSR count). The monoisotopic (exact) mass is 271 g/mol. The average Bonchev–Trinajstić information content (AvgIpc) is 2.48. The predicted molar refractivity (Wildman–Crippen MR) is 80.6 cm³/mol. The Morgan fingerprint density at radius 3 is 2.70 bits per heavy atom. The maximum Gasteiger partial charge on any atom is 0.139 e. The van der Waals surface area contributed by atoms with E-state index in [1.807, 2.05) is 48.6 Å². The van der Waals surface area contributed by atoms with Gasteiger partial charge in [0.15, 0.2) is 0 Å². The van der Waals surface area contributed by atoms with E-state index in [0.717, 1.165) is 24.2 Å². The number of hydrogen-bond donors (Lipinski definition) is 1. The average molecular weight is 271 g/mol. The molecule has 1 aromatic rings. The molecule has 0 saturated carbocycles. The second-order valence-corrected chi connectivity index (χ2v) is 4.86. The SMILES string of the molecule is CCCCOC1(N)C=CC(N=Nc2ccccc2)=CC1. The summed E-state index contributed by atoms with van der Waals surface area (Å²) < 4.78 is 5.70. The van der Waals surface area contributed by atoms with Gasteiger partial charge in [0, 0.05) is 13.0 Å². The molecule has 1 aliphatic rings. The summed E-state index contributed by atoms with van der Waals surface area (Å²) >= 11 is 0. The maximum absolute atomic E-state index is 6.14. The Bertz CT molecular complexity index is 508. The second kappa shape index (κ2) is 7.12. The molecule has 4 nitrogen and oxygen atoms in total. The highest BCUT2D eigenvalue weighted by atomic mass is 16.5. The Morgan fingerprint density at radius 1 is 1.25 bits per heavy atom. The predicted octanol–water partition coefficient (Wildman–Crippen LogP) is 4.09. The van der Waals surface area contributed by atoms with Crippen molar-refractivity contribution in [3.05, 3.63) is 54.3 Å². The van der Waals surface area contributed by atoms with Crippen molar-refractivity contribution in [3.8, 4) is 0 Å². The van der Waals surface area contributed by atoms with Gasteiger partial charge in [0.2, 0.25) is 0 Å². The molecule has 0 saturated heterocycles. The normalized spacial score (nSPS) is 22.2. The van der Waals surface area contributed by atoms with Crippen molar-refractivity contribution in [2.75, 3.05) is 6.61 Å². The molecule has 0 fully saturated rings. The molecule has 0 aromatic heterocycles. The molecule has 1 unspecified atom stereocenters. The molecular weight excluding hydrogens is 250 g/mol. The lowest BCUT2D eigenvalue weighted by Gasteiger charge is -2.27. The van der Waals surface area contributed by atoms with Gasteiger partial charge >= 0.3 is 0 Å². The minimum atomic E-state index is -0.694. The molecule has 106 valence electrons. The number of nitrogens with two attached hydrogens (primary N) is 1. The van der Waals surface area contributed by atoms with Crippen LogP contribution in [0.4, 0.5) is 5.69 Å². The van der Waals surface area contributed by atoms with Gasteiger partial charge in [-0.2, -0.15) is 10.2 Å². The lowest BCUT2D eigenvalue weighted by Crippen LogP contribution is -2.41. The van der Waals surface area contributed by atoms with Crippen LogP contribution in [0.1, 0.15) is 26.2 Å². The van der Waals surface area contributed by atoms with E-state index in [2.05, 4.69) is 17.2 Å². The molecule has 1 aromatic carbocycles. The summed E-state index contributed by atoms with van der Waals surface area (Å²) in [4.78, 5) is 0. The first kappa shape index (κ1) is 14.6. The Kier molecular flexibility index (Phi) is 5.21. The molecule has 0 aliphatic heterocycles. The van der Waals surface area contributed by atoms with E-state index in [4.69, 9.17) is 10.5 Å². The van der Waals surface area contributed by atoms with Crippen molar-refractivity contribution < 1.29 is 4.74 Å². The Morgan fingerprint density at radius 2 is 2.05 bits per heavy atom. The van der Waals surface area contributed by atoms with E-state index in [1.54, 1.807) is 0 Å². The van der Waals surface area contributed by atoms with Gasteiger partial charge in [0.25, 0.3) is 0 Å². The maximum atomic E-state index is 6.14. The number of rotatable bonds is 6. The topological polar surface area (TPSA) is 60.0 Å². The number of benzene rings is 1. The number of nitrogens with zero attached hydrogens (tertiary/aromatic N) is 2. The van der Waals surface area contributed by atoms with E-state index in [1.165, 1.54) is 0 Å². The van der Waals surface area contributed by atoms with E-state index in [0.29, 0.717) is 13.0 Å². The third kappa shape index (κ3) is 4.40. The first-order valence-corrected chi connectivity index (χ1v) is 7.01. The summed E-state index contributed by atoms with van der Waals surface area (Å²) in [6, 6.07) is 9.66. The lowest BCUT2D eigenvalue weighted by atomic mass is 10.0. The van der Waals surface area contributed by atoms with E-state index in [9.17, 15) is 0 Å². The number of allylic oxidation sites excluding steroid dienone is 1. The Hall–Kier alpha value is -1.78. The quantitative estimate of drug-likeness (QED) is 0.481. The largest absolute Gasteiger partial charge is 0.357 e. The zero-order valence-corrected chi connectivity index (χ0v) is 11.8. The highest BCUT2D eigenvalue weighted by Gasteiger charge is 2.23. The van der Waals surface area contributed by atoms with Gasteiger partial charge < -0.3 is 4.74 Å². The van der Waals surface area contributed by atoms with Crippen LogP contribution >= 0.6 is 0 Å². The van der Waals surface area contributed by atoms with Crippen LogP contribution < -0.4 is 5.73 Å². The Labute approximate surface area is 120 Å². The van der Waals surface area contributed by atoms with Gasteiger partial charge in [-0.3, -0.25) is 5.73 Å². The third-order valence-corrected chi connectivity index (χ3v) is 3.07. The minimum absolute atomic E-state index is 0.621. The van der Waals surface area contributed by atoms with E-state index >= 15 is 0 Å². The van der Waals surface area contributed by atoms with E-state index < -0.39 is 5.72 Å². The molecule has 0 bridgehead atoms. The second-order valence-electron chi connectivity index (χ2n) is 4.86. The fourth-order valence-corrected chi connectivity index (χ4v) is 1.82. The molecule has 1 aliphatic carbocycles. The molecule has 0 amide bonds. The molecule has 0 spiro atoms. The highest BCUT2D eigenvalue weighted by Crippen LogP contribution is 2.22. The van der Waals surface area contributed by atoms with Crippen molar-refractivity contribution in [1.29, 1.82) is 0 Å². The third-order valence-electron chi connectivity index (χ3n) is 3.07. The van der Waals surface area contributed by atoms with Crippen LogP contribution in [0, 0.1) is 0 Å². The number of hydrogen-bond acceptors (Lipinski definition) is 4. The molecule has 20 heavy (non-hydrogen) atoms. The molecule has 4 heteroatoms. The molecular formula is C16H21N3O. The first-order chi connectivity index (χ1) is 9.72. The van der Waals surface area contributed by atoms with Crippen LogP contribution in [0.15, 0.2) is 64.5 Å². The fourth-order valence-electron chi connectivity index (χ4n) is 1.82. The molecule has 0 radical (unpaired) electrons. The summed E-state index contributed by atoms with van der Waals surface area (Å²) in [5.74, 6) is 0. The summed E-state index contributed by atoms with van der Waals surface area (Å²) in [6.45, 7) is 2.82. The lowest BCUT2D eigenvalue weighted by molar-refractivity contribution is -0.00410. The van der Waals surface area contributed by atoms with Crippen LogP contribution in [-0.4, -0.2) is 12.3 Å². The number of ether oxygens (including phenoxy) is 1. The molecule has 0 heterocycles. The summed E-state index contributed by atoms with van der Waals surface area (Å²) in [5, 5.41) is 8.38. The summed E-state index contributed by atoms with van der Waals surface area (Å²) in [6.07, 6.45) is 8.43. The Balaban J connectivity index is 1.90. The van der Waals surface area contributed by atoms with Gasteiger partial charge in [-0.15, -0.1) is 0 Å². The minimum Gasteiger partial charge on any atom is -0.357 e. The van der Waals surface area contributed by atoms with Crippen LogP contribution in [0.5, 0.6) is 0 Å². The first-order valence-electron chi connectivity index (χ1n) is 7.01. The van der Waals surface area contributed by atoms with Crippen molar-refractivity contribution in [2.24, 2.45) is 16.0 Å². The number of azo groups is 1. The summed E-state index contributed by atoms with van der Waals surface area (Å²) in [5.41, 5.74) is 7.10. The fraction of sp³-hybridized carbons (Fsp3) is 0.375. The molecule has 1 atom stereocenters. The van der Waals surface area contributed by atoms with Crippen LogP contribution in [0.2, 0.25) is 0 Å². The van der Waals surface area contributed by atoms with E-state index in [-0.39, 0.29) is 0 Å². The van der Waals surface area contributed by atoms with Crippen LogP contribution in [0.3, 0.4) is 0 Å². The van der Waals surface area contributed by atoms with Crippen LogP contribution in [-0.2, 0) is 4.74 Å². The van der Waals surface area contributed by atoms with Gasteiger partial charge in [-0.1, -0.05) is 37.6 Å². The van der Waals surface area contributed by atoms with Crippen molar-refractivity contribution >= 4 is 5.69 Å². The van der Waals surface area contributed by atoms with Crippen LogP contribution in [0.25, 0.3) is 0 Å². The van der Waals surface area contributed by atoms with Crippen molar-refractivity contribution in [1.82, 2.24) is 0 Å². The van der Waals surface area contributed by atoms with Gasteiger partial charge in [0.1, 0.15) is 5.72 Å². The smallest absolute Gasteiger partial charge is 0.139 e. The summed E-state index contributed by atoms with van der Waals surface area (Å²) in [7, 11) is 0. The number of unbranched alkanes of at least 4 members (excludes halogenated alkanes) is 1. The zero-order valence-electron chi connectivity index (χ0n) is 11.8. The standard InChI is InChI=1S/C16H21N3O/c1-2-3-13-20-16(17)11-9-15(10-12-16)19-18-14-7-5-4-6-8-14/h4-11H,2-3,12-13,17H2,1H3. The van der Waals surface area contributed by atoms with Gasteiger partial charge in [-0.25, -0.2) is 0 Å². The van der Waals surface area contributed by atoms with Crippen molar-refractivity contribution in [3.63, 3.8) is 0 Å². The van der Waals surface area contributed by atoms with Crippen molar-refractivity contribution in [2.45, 2.75) is 31.9 Å².